The number of ketones is 1. The molecular formula is C20H29N3O4. The van der Waals surface area contributed by atoms with Gasteiger partial charge in [-0.25, -0.2) is 4.98 Å². The van der Waals surface area contributed by atoms with E-state index in [1.54, 1.807) is 18.3 Å². The van der Waals surface area contributed by atoms with Gasteiger partial charge in [0, 0.05) is 24.6 Å². The average molecular weight is 375 g/mol. The van der Waals surface area contributed by atoms with Gasteiger partial charge in [-0.1, -0.05) is 20.4 Å². The first-order valence-corrected chi connectivity index (χ1v) is 8.95. The zero-order valence-electron chi connectivity index (χ0n) is 16.2. The summed E-state index contributed by atoms with van der Waals surface area (Å²) in [5.41, 5.74) is 6.52. The predicted molar refractivity (Wildman–Crippen MR) is 105 cm³/mol. The lowest BCUT2D eigenvalue weighted by Gasteiger charge is -2.21. The number of rotatable bonds is 12. The highest BCUT2D eigenvalue weighted by Gasteiger charge is 2.24. The number of methoxy groups -OCH3 is 1. The first kappa shape index (κ1) is 22.2. The van der Waals surface area contributed by atoms with E-state index in [0.717, 1.165) is 5.56 Å². The van der Waals surface area contributed by atoms with E-state index in [1.807, 2.05) is 13.8 Å². The number of nitrogen functional groups attached to an aromatic ring is 1. The summed E-state index contributed by atoms with van der Waals surface area (Å²) in [6.07, 6.45) is 6.21. The van der Waals surface area contributed by atoms with Crippen molar-refractivity contribution in [2.75, 3.05) is 19.5 Å². The third kappa shape index (κ3) is 7.94. The highest BCUT2D eigenvalue weighted by molar-refractivity contribution is 5.90. The molecule has 1 aromatic rings. The number of nitrogens with zero attached hydrogens (tertiary/aromatic N) is 1. The van der Waals surface area contributed by atoms with Crippen LogP contribution in [0.4, 0.5) is 5.82 Å². The Morgan fingerprint density at radius 1 is 1.37 bits per heavy atom. The summed E-state index contributed by atoms with van der Waals surface area (Å²) in [4.78, 5) is 29.1. The summed E-state index contributed by atoms with van der Waals surface area (Å²) in [5, 5.41) is 2.85. The Bertz CT molecular complexity index is 669. The minimum atomic E-state index is -0.723. The Hall–Kier alpha value is -2.83. The van der Waals surface area contributed by atoms with Crippen LogP contribution in [0.3, 0.4) is 0 Å². The molecule has 3 N–H and O–H groups in total. The monoisotopic (exact) mass is 375 g/mol. The number of pyridine rings is 1. The van der Waals surface area contributed by atoms with Gasteiger partial charge in [0.25, 0.3) is 0 Å². The van der Waals surface area contributed by atoms with E-state index in [4.69, 9.17) is 15.2 Å². The molecule has 7 heteroatoms. The molecule has 1 amide bonds. The molecule has 1 unspecified atom stereocenters. The zero-order chi connectivity index (χ0) is 20.2. The molecule has 0 aliphatic rings. The van der Waals surface area contributed by atoms with Crippen LogP contribution >= 0.6 is 0 Å². The summed E-state index contributed by atoms with van der Waals surface area (Å²) in [5.74, 6) is 0.126. The molecule has 0 saturated heterocycles. The number of allylic oxidation sites excluding steroid dienone is 1. The average Bonchev–Trinajstić information content (AvgIpc) is 2.64. The van der Waals surface area contributed by atoms with Crippen molar-refractivity contribution in [2.45, 2.75) is 39.2 Å². The van der Waals surface area contributed by atoms with Crippen LogP contribution < -0.4 is 11.1 Å². The number of nitrogens with one attached hydrogen (secondary N) is 1. The number of carbonyl (C=O) groups excluding carboxylic acids is 2. The van der Waals surface area contributed by atoms with Gasteiger partial charge in [0.1, 0.15) is 18.2 Å². The van der Waals surface area contributed by atoms with Gasteiger partial charge < -0.3 is 20.5 Å². The molecule has 1 aromatic heterocycles. The van der Waals surface area contributed by atoms with Crippen LogP contribution in [0.2, 0.25) is 0 Å². The standard InChI is InChI=1S/C20H29N3O4/c1-5-16(6-2)20(25)23-17(11-15-7-9-22-19(21)12-15)18(24)13-27-14(3)8-10-26-4/h7-10,12,16-17H,3,5-6,11,13H2,1-2,4H3,(H2,21,22)(H,23,25)/b10-8-. The quantitative estimate of drug-likeness (QED) is 0.429. The maximum Gasteiger partial charge on any atom is 0.223 e. The van der Waals surface area contributed by atoms with Gasteiger partial charge in [-0.2, -0.15) is 0 Å². The first-order valence-electron chi connectivity index (χ1n) is 8.95. The Labute approximate surface area is 160 Å². The lowest BCUT2D eigenvalue weighted by atomic mass is 9.99. The Morgan fingerprint density at radius 3 is 2.67 bits per heavy atom. The molecule has 0 saturated carbocycles. The number of hydrogen-bond acceptors (Lipinski definition) is 6. The van der Waals surface area contributed by atoms with Crippen molar-refractivity contribution in [1.82, 2.24) is 10.3 Å². The normalized spacial score (nSPS) is 12.0. The van der Waals surface area contributed by atoms with Gasteiger partial charge in [-0.05, 0) is 30.5 Å². The van der Waals surface area contributed by atoms with Crippen molar-refractivity contribution < 1.29 is 19.1 Å². The van der Waals surface area contributed by atoms with Gasteiger partial charge in [0.2, 0.25) is 5.91 Å². The summed E-state index contributed by atoms with van der Waals surface area (Å²) in [6.45, 7) is 7.37. The van der Waals surface area contributed by atoms with Crippen molar-refractivity contribution in [1.29, 1.82) is 0 Å². The van der Waals surface area contributed by atoms with Crippen LogP contribution in [0.1, 0.15) is 32.3 Å². The molecule has 148 valence electrons. The highest BCUT2D eigenvalue weighted by atomic mass is 16.5. The van der Waals surface area contributed by atoms with E-state index in [0.29, 0.717) is 30.8 Å². The molecule has 0 aliphatic carbocycles. The molecule has 27 heavy (non-hydrogen) atoms. The van der Waals surface area contributed by atoms with Gasteiger partial charge in [0.05, 0.1) is 19.4 Å². The van der Waals surface area contributed by atoms with Crippen molar-refractivity contribution in [3.05, 3.63) is 48.6 Å². The summed E-state index contributed by atoms with van der Waals surface area (Å²) < 4.78 is 10.1. The molecule has 7 nitrogen and oxygen atoms in total. The van der Waals surface area contributed by atoms with E-state index in [1.165, 1.54) is 19.4 Å². The van der Waals surface area contributed by atoms with Crippen molar-refractivity contribution in [3.8, 4) is 0 Å². The fraction of sp³-hybridized carbons (Fsp3) is 0.450. The number of carbonyl (C=O) groups is 2. The molecule has 1 heterocycles. The second-order valence-corrected chi connectivity index (χ2v) is 6.13. The fourth-order valence-electron chi connectivity index (χ4n) is 2.51. The third-order valence-electron chi connectivity index (χ3n) is 4.14. The molecule has 0 bridgehead atoms. The second kappa shape index (κ2) is 11.7. The molecule has 1 atom stereocenters. The number of amides is 1. The first-order chi connectivity index (χ1) is 12.9. The molecule has 0 aromatic carbocycles. The maximum absolute atomic E-state index is 12.7. The number of hydrogen-bond donors (Lipinski definition) is 2. The number of anilines is 1. The number of ether oxygens (including phenoxy) is 2. The molecule has 0 radical (unpaired) electrons. The highest BCUT2D eigenvalue weighted by Crippen LogP contribution is 2.11. The SMILES string of the molecule is C=C(/C=C\OC)OCC(=O)C(Cc1ccnc(N)c1)NC(=O)C(CC)CC. The van der Waals surface area contributed by atoms with Crippen molar-refractivity contribution >= 4 is 17.5 Å². The van der Waals surface area contributed by atoms with Crippen LogP contribution in [-0.2, 0) is 25.5 Å². The maximum atomic E-state index is 12.7. The summed E-state index contributed by atoms with van der Waals surface area (Å²) >= 11 is 0. The lowest BCUT2D eigenvalue weighted by molar-refractivity contribution is -0.131. The summed E-state index contributed by atoms with van der Waals surface area (Å²) in [6, 6.07) is 2.73. The zero-order valence-corrected chi connectivity index (χ0v) is 16.2. The van der Waals surface area contributed by atoms with Crippen molar-refractivity contribution in [3.63, 3.8) is 0 Å². The number of Topliss-reactive ketones (excluding diaryl/α,β-unsaturated/α-hetero) is 1. The van der Waals surface area contributed by atoms with Gasteiger partial charge in [0.15, 0.2) is 5.78 Å². The van der Waals surface area contributed by atoms with E-state index in [9.17, 15) is 9.59 Å². The van der Waals surface area contributed by atoms with Crippen molar-refractivity contribution in [2.24, 2.45) is 5.92 Å². The van der Waals surface area contributed by atoms with E-state index >= 15 is 0 Å². The van der Waals surface area contributed by atoms with Crippen LogP contribution in [0.25, 0.3) is 0 Å². The Kier molecular flexibility index (Phi) is 9.64. The van der Waals surface area contributed by atoms with Gasteiger partial charge in [-0.3, -0.25) is 9.59 Å². The van der Waals surface area contributed by atoms with Crippen LogP contribution in [0, 0.1) is 5.92 Å². The van der Waals surface area contributed by atoms with Gasteiger partial charge >= 0.3 is 0 Å². The minimum absolute atomic E-state index is 0.136. The lowest BCUT2D eigenvalue weighted by Crippen LogP contribution is -2.46. The Morgan fingerprint density at radius 2 is 2.07 bits per heavy atom. The fourth-order valence-corrected chi connectivity index (χ4v) is 2.51. The van der Waals surface area contributed by atoms with Crippen LogP contribution in [0.5, 0.6) is 0 Å². The van der Waals surface area contributed by atoms with E-state index < -0.39 is 6.04 Å². The minimum Gasteiger partial charge on any atom is -0.504 e. The second-order valence-electron chi connectivity index (χ2n) is 6.13. The Balaban J connectivity index is 2.85. The smallest absolute Gasteiger partial charge is 0.223 e. The van der Waals surface area contributed by atoms with E-state index in [-0.39, 0.29) is 24.2 Å². The molecule has 0 fully saturated rings. The van der Waals surface area contributed by atoms with Gasteiger partial charge in [-0.15, -0.1) is 0 Å². The molecule has 0 aliphatic heterocycles. The molecular weight excluding hydrogens is 346 g/mol. The topological polar surface area (TPSA) is 104 Å². The largest absolute Gasteiger partial charge is 0.504 e. The van der Waals surface area contributed by atoms with E-state index in [2.05, 4.69) is 16.9 Å². The molecule has 0 spiro atoms. The predicted octanol–water partition coefficient (Wildman–Crippen LogP) is 2.39. The van der Waals surface area contributed by atoms with Crippen LogP contribution in [-0.4, -0.2) is 36.4 Å². The number of nitrogens with two attached hydrogens (primary N) is 1. The number of aromatic nitrogens is 1. The van der Waals surface area contributed by atoms with Crippen LogP contribution in [0.15, 0.2) is 43.0 Å². The summed E-state index contributed by atoms with van der Waals surface area (Å²) in [7, 11) is 1.50. The molecule has 1 rings (SSSR count). The third-order valence-corrected chi connectivity index (χ3v) is 4.14.